The fourth-order valence-corrected chi connectivity index (χ4v) is 1.47. The molecule has 0 fully saturated rings. The maximum atomic E-state index is 10.5. The Bertz CT molecular complexity index is 315. The van der Waals surface area contributed by atoms with E-state index in [9.17, 15) is 4.79 Å². The van der Waals surface area contributed by atoms with Crippen LogP contribution in [0.15, 0.2) is 6.20 Å². The summed E-state index contributed by atoms with van der Waals surface area (Å²) >= 11 is 0. The predicted molar refractivity (Wildman–Crippen MR) is 48.7 cm³/mol. The Hall–Kier alpha value is -1.32. The fraction of sp³-hybridized carbons (Fsp3) is 0.556. The molecule has 0 atom stereocenters. The molecule has 72 valence electrons. The first-order valence-electron chi connectivity index (χ1n) is 4.27. The molecule has 0 saturated heterocycles. The quantitative estimate of drug-likeness (QED) is 0.768. The molecule has 4 nitrogen and oxygen atoms in total. The highest BCUT2D eigenvalue weighted by atomic mass is 16.4. The van der Waals surface area contributed by atoms with Crippen LogP contribution in [-0.2, 0) is 11.2 Å². The van der Waals surface area contributed by atoms with Crippen LogP contribution in [0.5, 0.6) is 0 Å². The lowest BCUT2D eigenvalue weighted by Crippen LogP contribution is -2.12. The van der Waals surface area contributed by atoms with E-state index in [-0.39, 0.29) is 12.5 Å². The third kappa shape index (κ3) is 2.08. The number of carboxylic acids is 1. The third-order valence-corrected chi connectivity index (χ3v) is 1.88. The van der Waals surface area contributed by atoms with Crippen LogP contribution in [-0.4, -0.2) is 20.6 Å². The second-order valence-electron chi connectivity index (χ2n) is 3.35. The number of aliphatic carboxylic acids is 1. The summed E-state index contributed by atoms with van der Waals surface area (Å²) in [5.74, 6) is -0.215. The number of aryl methyl sites for hydroxylation is 1. The van der Waals surface area contributed by atoms with E-state index in [1.54, 1.807) is 6.20 Å². The average Bonchev–Trinajstić information content (AvgIpc) is 2.30. The summed E-state index contributed by atoms with van der Waals surface area (Å²) < 4.78 is 1.94. The van der Waals surface area contributed by atoms with Gasteiger partial charge in [-0.05, 0) is 20.8 Å². The zero-order valence-corrected chi connectivity index (χ0v) is 8.11. The van der Waals surface area contributed by atoms with Crippen molar-refractivity contribution in [3.05, 3.63) is 17.7 Å². The minimum absolute atomic E-state index is 0.00792. The van der Waals surface area contributed by atoms with Gasteiger partial charge in [0.05, 0.1) is 0 Å². The first kappa shape index (κ1) is 9.77. The number of aromatic nitrogens is 2. The monoisotopic (exact) mass is 182 g/mol. The molecule has 1 aromatic rings. The van der Waals surface area contributed by atoms with Crippen LogP contribution in [0.1, 0.15) is 31.4 Å². The number of rotatable bonds is 3. The molecule has 0 aliphatic heterocycles. The molecule has 1 heterocycles. The summed E-state index contributed by atoms with van der Waals surface area (Å²) in [6.45, 7) is 5.96. The van der Waals surface area contributed by atoms with E-state index in [0.717, 1.165) is 5.69 Å². The minimum atomic E-state index is -0.840. The number of nitrogens with zero attached hydrogens (tertiary/aromatic N) is 2. The van der Waals surface area contributed by atoms with E-state index in [1.807, 2.05) is 25.3 Å². The van der Waals surface area contributed by atoms with Crippen molar-refractivity contribution >= 4 is 5.97 Å². The average molecular weight is 182 g/mol. The Morgan fingerprint density at radius 3 is 2.77 bits per heavy atom. The Kier molecular flexibility index (Phi) is 2.70. The standard InChI is InChI=1S/C9H14N2O2/c1-6(2)11-7(3)5-10-8(11)4-9(12)13/h5-6H,4H2,1-3H3,(H,12,13). The van der Waals surface area contributed by atoms with Crippen LogP contribution in [0.25, 0.3) is 0 Å². The summed E-state index contributed by atoms with van der Waals surface area (Å²) in [7, 11) is 0. The van der Waals surface area contributed by atoms with Gasteiger partial charge in [-0.2, -0.15) is 0 Å². The molecule has 1 N–H and O–H groups in total. The summed E-state index contributed by atoms with van der Waals surface area (Å²) in [6.07, 6.45) is 1.70. The molecule has 0 radical (unpaired) electrons. The highest BCUT2D eigenvalue weighted by Gasteiger charge is 2.12. The summed E-state index contributed by atoms with van der Waals surface area (Å²) in [5.41, 5.74) is 1.01. The van der Waals surface area contributed by atoms with Crippen molar-refractivity contribution in [3.63, 3.8) is 0 Å². The number of imidazole rings is 1. The van der Waals surface area contributed by atoms with Crippen LogP contribution in [0, 0.1) is 6.92 Å². The Balaban J connectivity index is 3.00. The van der Waals surface area contributed by atoms with Gasteiger partial charge in [0.2, 0.25) is 0 Å². The molecule has 0 aliphatic rings. The lowest BCUT2D eigenvalue weighted by atomic mass is 10.3. The largest absolute Gasteiger partial charge is 0.481 e. The van der Waals surface area contributed by atoms with Gasteiger partial charge in [-0.3, -0.25) is 4.79 Å². The van der Waals surface area contributed by atoms with Crippen LogP contribution >= 0.6 is 0 Å². The fourth-order valence-electron chi connectivity index (χ4n) is 1.47. The highest BCUT2D eigenvalue weighted by molar-refractivity contribution is 5.69. The van der Waals surface area contributed by atoms with E-state index in [4.69, 9.17) is 5.11 Å². The highest BCUT2D eigenvalue weighted by Crippen LogP contribution is 2.12. The summed E-state index contributed by atoms with van der Waals surface area (Å²) in [6, 6.07) is 0.261. The van der Waals surface area contributed by atoms with E-state index in [2.05, 4.69) is 4.98 Å². The van der Waals surface area contributed by atoms with E-state index in [0.29, 0.717) is 5.82 Å². The van der Waals surface area contributed by atoms with Gasteiger partial charge in [0.15, 0.2) is 0 Å². The second-order valence-corrected chi connectivity index (χ2v) is 3.35. The Morgan fingerprint density at radius 1 is 1.69 bits per heavy atom. The molecule has 0 spiro atoms. The van der Waals surface area contributed by atoms with Crippen LogP contribution in [0.4, 0.5) is 0 Å². The maximum absolute atomic E-state index is 10.5. The molecule has 1 rings (SSSR count). The first-order valence-corrected chi connectivity index (χ1v) is 4.27. The van der Waals surface area contributed by atoms with E-state index < -0.39 is 5.97 Å². The van der Waals surface area contributed by atoms with Crippen LogP contribution in [0.2, 0.25) is 0 Å². The maximum Gasteiger partial charge on any atom is 0.311 e. The molecule has 1 aromatic heterocycles. The van der Waals surface area contributed by atoms with Gasteiger partial charge in [-0.1, -0.05) is 0 Å². The summed E-state index contributed by atoms with van der Waals surface area (Å²) in [5, 5.41) is 8.63. The zero-order chi connectivity index (χ0) is 10.0. The number of hydrogen-bond acceptors (Lipinski definition) is 2. The van der Waals surface area contributed by atoms with Crippen molar-refractivity contribution in [2.75, 3.05) is 0 Å². The number of carbonyl (C=O) groups is 1. The molecule has 0 amide bonds. The van der Waals surface area contributed by atoms with Crippen LogP contribution in [0.3, 0.4) is 0 Å². The minimum Gasteiger partial charge on any atom is -0.481 e. The van der Waals surface area contributed by atoms with Crippen molar-refractivity contribution in [2.45, 2.75) is 33.2 Å². The van der Waals surface area contributed by atoms with Crippen molar-refractivity contribution in [2.24, 2.45) is 0 Å². The molecule has 0 bridgehead atoms. The zero-order valence-electron chi connectivity index (χ0n) is 8.11. The molecule has 0 unspecified atom stereocenters. The van der Waals surface area contributed by atoms with Crippen molar-refractivity contribution < 1.29 is 9.90 Å². The molecular formula is C9H14N2O2. The first-order chi connectivity index (χ1) is 6.02. The normalized spacial score (nSPS) is 10.8. The van der Waals surface area contributed by atoms with Gasteiger partial charge in [-0.25, -0.2) is 4.98 Å². The van der Waals surface area contributed by atoms with Crippen molar-refractivity contribution in [1.82, 2.24) is 9.55 Å². The van der Waals surface area contributed by atoms with E-state index >= 15 is 0 Å². The van der Waals surface area contributed by atoms with Gasteiger partial charge in [0.1, 0.15) is 12.2 Å². The Morgan fingerprint density at radius 2 is 2.31 bits per heavy atom. The van der Waals surface area contributed by atoms with Gasteiger partial charge in [-0.15, -0.1) is 0 Å². The van der Waals surface area contributed by atoms with Gasteiger partial charge >= 0.3 is 5.97 Å². The van der Waals surface area contributed by atoms with Crippen LogP contribution < -0.4 is 0 Å². The molecule has 0 saturated carbocycles. The molecule has 13 heavy (non-hydrogen) atoms. The molecule has 4 heteroatoms. The third-order valence-electron chi connectivity index (χ3n) is 1.88. The summed E-state index contributed by atoms with van der Waals surface area (Å²) in [4.78, 5) is 14.6. The molecular weight excluding hydrogens is 168 g/mol. The number of carboxylic acid groups (broad SMARTS) is 1. The van der Waals surface area contributed by atoms with Crippen molar-refractivity contribution in [1.29, 1.82) is 0 Å². The SMILES string of the molecule is Cc1cnc(CC(=O)O)n1C(C)C. The molecule has 0 aromatic carbocycles. The van der Waals surface area contributed by atoms with Gasteiger partial charge in [0, 0.05) is 17.9 Å². The lowest BCUT2D eigenvalue weighted by molar-refractivity contribution is -0.136. The topological polar surface area (TPSA) is 55.1 Å². The predicted octanol–water partition coefficient (Wildman–Crippen LogP) is 1.40. The Labute approximate surface area is 77.2 Å². The molecule has 0 aliphatic carbocycles. The second kappa shape index (κ2) is 3.60. The lowest BCUT2D eigenvalue weighted by Gasteiger charge is -2.12. The van der Waals surface area contributed by atoms with Gasteiger partial charge < -0.3 is 9.67 Å². The smallest absolute Gasteiger partial charge is 0.311 e. The van der Waals surface area contributed by atoms with Crippen molar-refractivity contribution in [3.8, 4) is 0 Å². The number of hydrogen-bond donors (Lipinski definition) is 1. The van der Waals surface area contributed by atoms with E-state index in [1.165, 1.54) is 0 Å². The van der Waals surface area contributed by atoms with Gasteiger partial charge in [0.25, 0.3) is 0 Å².